The molecule has 37 heavy (non-hydrogen) atoms. The summed E-state index contributed by atoms with van der Waals surface area (Å²) < 4.78 is 30.7. The second-order valence-electron chi connectivity index (χ2n) is 9.73. The summed E-state index contributed by atoms with van der Waals surface area (Å²) in [5.41, 5.74) is 4.08. The number of halogens is 1. The van der Waals surface area contributed by atoms with E-state index in [2.05, 4.69) is 5.32 Å². The maximum atomic E-state index is 14.0. The predicted molar refractivity (Wildman–Crippen MR) is 141 cm³/mol. The lowest BCUT2D eigenvalue weighted by atomic mass is 9.94. The molecule has 0 saturated heterocycles. The molecule has 0 aromatic heterocycles. The fourth-order valence-corrected chi connectivity index (χ4v) is 4.59. The van der Waals surface area contributed by atoms with Gasteiger partial charge in [-0.1, -0.05) is 12.1 Å². The monoisotopic (exact) mass is 506 g/mol. The van der Waals surface area contributed by atoms with Gasteiger partial charge in [0, 0.05) is 36.2 Å². The summed E-state index contributed by atoms with van der Waals surface area (Å²) in [6.45, 7) is 5.81. The van der Waals surface area contributed by atoms with Crippen LogP contribution in [0.4, 0.5) is 15.8 Å². The first kappa shape index (κ1) is 26.0. The number of hydrogen-bond donors (Lipinski definition) is 1. The molecule has 1 amide bonds. The van der Waals surface area contributed by atoms with Crippen molar-refractivity contribution in [2.24, 2.45) is 0 Å². The zero-order valence-electron chi connectivity index (χ0n) is 21.9. The highest BCUT2D eigenvalue weighted by atomic mass is 19.1. The number of carbonyl (C=O) groups is 2. The molecule has 0 fully saturated rings. The lowest BCUT2D eigenvalue weighted by molar-refractivity contribution is -0.118. The van der Waals surface area contributed by atoms with Crippen molar-refractivity contribution in [3.63, 3.8) is 0 Å². The van der Waals surface area contributed by atoms with Crippen LogP contribution in [-0.4, -0.2) is 38.7 Å². The predicted octanol–water partition coefficient (Wildman–Crippen LogP) is 5.73. The van der Waals surface area contributed by atoms with Crippen LogP contribution >= 0.6 is 0 Å². The molecule has 1 heterocycles. The second kappa shape index (κ2) is 10.1. The molecule has 7 nitrogen and oxygen atoms in total. The van der Waals surface area contributed by atoms with Gasteiger partial charge in [0.1, 0.15) is 23.9 Å². The summed E-state index contributed by atoms with van der Waals surface area (Å²) in [4.78, 5) is 27.1. The van der Waals surface area contributed by atoms with Gasteiger partial charge in [-0.15, -0.1) is 0 Å². The van der Waals surface area contributed by atoms with Crippen molar-refractivity contribution >= 4 is 23.3 Å². The Labute approximate surface area is 216 Å². The summed E-state index contributed by atoms with van der Waals surface area (Å²) in [5.74, 6) is -0.0216. The van der Waals surface area contributed by atoms with Crippen LogP contribution in [0.1, 0.15) is 41.8 Å². The van der Waals surface area contributed by atoms with Crippen LogP contribution in [0.25, 0.3) is 11.1 Å². The molecule has 8 heteroatoms. The molecule has 3 aromatic rings. The first-order valence-electron chi connectivity index (χ1n) is 11.9. The minimum absolute atomic E-state index is 0.0358. The first-order valence-corrected chi connectivity index (χ1v) is 11.9. The summed E-state index contributed by atoms with van der Waals surface area (Å²) in [7, 11) is 4.60. The summed E-state index contributed by atoms with van der Waals surface area (Å²) in [6.07, 6.45) is 0.290. The standard InChI is InChI=1S/C29H31FN2O5/c1-17-7-9-19(30)14-25(17)37-16-22-20(21-13-18(28(34)36-6)8-12-24(21)35-5)10-11-23-27(22)32(4)26(33)15-29(2,3)31-23/h7-14,31H,15-16H2,1-6H3. The number of methoxy groups -OCH3 is 2. The number of nitrogens with zero attached hydrogens (tertiary/aromatic N) is 1. The zero-order valence-corrected chi connectivity index (χ0v) is 21.9. The number of benzene rings is 3. The van der Waals surface area contributed by atoms with Gasteiger partial charge < -0.3 is 24.4 Å². The number of anilines is 2. The van der Waals surface area contributed by atoms with Gasteiger partial charge in [-0.05, 0) is 62.2 Å². The van der Waals surface area contributed by atoms with Gasteiger partial charge in [0.2, 0.25) is 5.91 Å². The summed E-state index contributed by atoms with van der Waals surface area (Å²) in [5, 5.41) is 3.48. The van der Waals surface area contributed by atoms with Crippen molar-refractivity contribution in [2.75, 3.05) is 31.5 Å². The summed E-state index contributed by atoms with van der Waals surface area (Å²) >= 11 is 0. The Bertz CT molecular complexity index is 1370. The third-order valence-electron chi connectivity index (χ3n) is 6.49. The molecule has 0 atom stereocenters. The van der Waals surface area contributed by atoms with Crippen LogP contribution in [0.3, 0.4) is 0 Å². The number of hydrogen-bond acceptors (Lipinski definition) is 6. The number of nitrogens with one attached hydrogen (secondary N) is 1. The first-order chi connectivity index (χ1) is 17.5. The molecule has 0 bridgehead atoms. The number of rotatable bonds is 6. The molecule has 0 radical (unpaired) electrons. The number of carbonyl (C=O) groups excluding carboxylic acids is 2. The molecule has 1 aliphatic rings. The van der Waals surface area contributed by atoms with E-state index < -0.39 is 17.3 Å². The van der Waals surface area contributed by atoms with Crippen LogP contribution in [0.5, 0.6) is 11.5 Å². The average Bonchev–Trinajstić information content (AvgIpc) is 2.95. The van der Waals surface area contributed by atoms with Crippen LogP contribution in [0.2, 0.25) is 0 Å². The van der Waals surface area contributed by atoms with Crippen LogP contribution in [0.15, 0.2) is 48.5 Å². The van der Waals surface area contributed by atoms with Gasteiger partial charge in [-0.25, -0.2) is 9.18 Å². The molecule has 194 valence electrons. The Balaban J connectivity index is 1.95. The van der Waals surface area contributed by atoms with E-state index in [4.69, 9.17) is 14.2 Å². The summed E-state index contributed by atoms with van der Waals surface area (Å²) in [6, 6.07) is 13.2. The number of aryl methyl sites for hydroxylation is 1. The minimum Gasteiger partial charge on any atom is -0.496 e. The topological polar surface area (TPSA) is 77.1 Å². The van der Waals surface area contributed by atoms with Crippen molar-refractivity contribution in [2.45, 2.75) is 39.3 Å². The van der Waals surface area contributed by atoms with E-state index in [9.17, 15) is 14.0 Å². The minimum atomic E-state index is -0.484. The lowest BCUT2D eigenvalue weighted by Gasteiger charge is -2.26. The highest BCUT2D eigenvalue weighted by molar-refractivity contribution is 6.02. The van der Waals surface area contributed by atoms with E-state index >= 15 is 0 Å². The van der Waals surface area contributed by atoms with Gasteiger partial charge in [-0.3, -0.25) is 4.79 Å². The van der Waals surface area contributed by atoms with E-state index in [1.165, 1.54) is 19.2 Å². The molecular formula is C29H31FN2O5. The van der Waals surface area contributed by atoms with Gasteiger partial charge in [0.05, 0.1) is 31.2 Å². The molecule has 1 N–H and O–H groups in total. The largest absolute Gasteiger partial charge is 0.496 e. The normalized spacial score (nSPS) is 14.4. The zero-order chi connectivity index (χ0) is 26.9. The Morgan fingerprint density at radius 2 is 1.81 bits per heavy atom. The Morgan fingerprint density at radius 1 is 1.05 bits per heavy atom. The molecule has 0 unspecified atom stereocenters. The molecule has 3 aromatic carbocycles. The maximum Gasteiger partial charge on any atom is 0.337 e. The van der Waals surface area contributed by atoms with Crippen molar-refractivity contribution in [1.29, 1.82) is 0 Å². The molecule has 0 saturated carbocycles. The van der Waals surface area contributed by atoms with Crippen LogP contribution in [0, 0.1) is 12.7 Å². The molecular weight excluding hydrogens is 475 g/mol. The fourth-order valence-electron chi connectivity index (χ4n) is 4.59. The highest BCUT2D eigenvalue weighted by Crippen LogP contribution is 2.44. The quantitative estimate of drug-likeness (QED) is 0.430. The molecule has 0 spiro atoms. The molecule has 4 rings (SSSR count). The fraction of sp³-hybridized carbons (Fsp3) is 0.310. The van der Waals surface area contributed by atoms with Gasteiger partial charge in [0.15, 0.2) is 0 Å². The Hall–Kier alpha value is -4.07. The number of amides is 1. The maximum absolute atomic E-state index is 14.0. The second-order valence-corrected chi connectivity index (χ2v) is 9.73. The average molecular weight is 507 g/mol. The van der Waals surface area contributed by atoms with E-state index in [1.54, 1.807) is 43.3 Å². The number of ether oxygens (including phenoxy) is 3. The lowest BCUT2D eigenvalue weighted by Crippen LogP contribution is -2.35. The van der Waals surface area contributed by atoms with Crippen LogP contribution < -0.4 is 19.7 Å². The smallest absolute Gasteiger partial charge is 0.337 e. The van der Waals surface area contributed by atoms with Crippen molar-refractivity contribution < 1.29 is 28.2 Å². The van der Waals surface area contributed by atoms with Crippen molar-refractivity contribution in [1.82, 2.24) is 0 Å². The van der Waals surface area contributed by atoms with E-state index in [0.29, 0.717) is 39.4 Å². The van der Waals surface area contributed by atoms with Gasteiger partial charge in [0.25, 0.3) is 0 Å². The van der Waals surface area contributed by atoms with Gasteiger partial charge in [-0.2, -0.15) is 0 Å². The molecule has 0 aliphatic carbocycles. The Morgan fingerprint density at radius 3 is 2.51 bits per heavy atom. The number of esters is 1. The van der Waals surface area contributed by atoms with E-state index in [0.717, 1.165) is 11.3 Å². The van der Waals surface area contributed by atoms with Crippen LogP contribution in [-0.2, 0) is 16.1 Å². The Kier molecular flexibility index (Phi) is 7.12. The van der Waals surface area contributed by atoms with E-state index in [1.807, 2.05) is 32.9 Å². The highest BCUT2D eigenvalue weighted by Gasteiger charge is 2.33. The molecule has 1 aliphatic heterocycles. The number of fused-ring (bicyclic) bond motifs is 1. The third kappa shape index (κ3) is 5.23. The van der Waals surface area contributed by atoms with Crippen molar-refractivity contribution in [3.8, 4) is 22.6 Å². The van der Waals surface area contributed by atoms with Gasteiger partial charge >= 0.3 is 5.97 Å². The SMILES string of the molecule is COC(=O)c1ccc(OC)c(-c2ccc3c(c2COc2cc(F)ccc2C)N(C)C(=O)CC(C)(C)N3)c1. The van der Waals surface area contributed by atoms with E-state index in [-0.39, 0.29) is 18.9 Å². The van der Waals surface area contributed by atoms with Crippen molar-refractivity contribution in [3.05, 3.63) is 71.0 Å². The third-order valence-corrected chi connectivity index (χ3v) is 6.49.